The fourth-order valence-electron chi connectivity index (χ4n) is 10.8. The lowest BCUT2D eigenvalue weighted by atomic mass is 9.93. The van der Waals surface area contributed by atoms with Crippen LogP contribution >= 0.6 is 0 Å². The summed E-state index contributed by atoms with van der Waals surface area (Å²) in [6, 6.07) is 92.6. The molecule has 0 saturated carbocycles. The van der Waals surface area contributed by atoms with Crippen molar-refractivity contribution in [2.75, 3.05) is 4.90 Å². The zero-order chi connectivity index (χ0) is 45.4. The molecule has 0 aliphatic heterocycles. The van der Waals surface area contributed by atoms with Gasteiger partial charge in [-0.3, -0.25) is 0 Å². The van der Waals surface area contributed by atoms with Gasteiger partial charge in [-0.1, -0.05) is 176 Å². The summed E-state index contributed by atoms with van der Waals surface area (Å²) in [5, 5.41) is 12.3. The number of fused-ring (bicyclic) bond motifs is 11. The molecule has 0 fully saturated rings. The largest absolute Gasteiger partial charge is 0.456 e. The van der Waals surface area contributed by atoms with E-state index in [1.54, 1.807) is 0 Å². The number of furan rings is 1. The van der Waals surface area contributed by atoms with Gasteiger partial charge < -0.3 is 13.9 Å². The molecule has 0 atom stereocenters. The van der Waals surface area contributed by atoms with Crippen LogP contribution in [0.3, 0.4) is 0 Å². The van der Waals surface area contributed by atoms with E-state index in [0.717, 1.165) is 61.4 Å². The van der Waals surface area contributed by atoms with Gasteiger partial charge in [0.05, 0.1) is 11.0 Å². The predicted octanol–water partition coefficient (Wildman–Crippen LogP) is 18.6. The monoisotopic (exact) mass is 878 g/mol. The van der Waals surface area contributed by atoms with E-state index in [1.165, 1.54) is 70.8 Å². The summed E-state index contributed by atoms with van der Waals surface area (Å²) < 4.78 is 8.61. The summed E-state index contributed by atoms with van der Waals surface area (Å²) in [6.07, 6.45) is 0. The predicted molar refractivity (Wildman–Crippen MR) is 292 cm³/mol. The lowest BCUT2D eigenvalue weighted by Gasteiger charge is -2.26. The fourth-order valence-corrected chi connectivity index (χ4v) is 10.8. The molecule has 0 bridgehead atoms. The fraction of sp³-hybridized carbons (Fsp3) is 0. The number of hydrogen-bond acceptors (Lipinski definition) is 2. The highest BCUT2D eigenvalue weighted by molar-refractivity contribution is 6.19. The van der Waals surface area contributed by atoms with Gasteiger partial charge in [0.2, 0.25) is 0 Å². The number of rotatable bonds is 7. The van der Waals surface area contributed by atoms with Crippen LogP contribution < -0.4 is 4.90 Å². The van der Waals surface area contributed by atoms with E-state index >= 15 is 0 Å². The van der Waals surface area contributed by atoms with Crippen molar-refractivity contribution in [3.05, 3.63) is 255 Å². The van der Waals surface area contributed by atoms with Crippen LogP contribution in [0.1, 0.15) is 0 Å². The molecule has 69 heavy (non-hydrogen) atoms. The lowest BCUT2D eigenvalue weighted by Crippen LogP contribution is -2.09. The molecule has 14 aromatic rings. The Morgan fingerprint density at radius 1 is 0.290 bits per heavy atom. The maximum absolute atomic E-state index is 6.17. The van der Waals surface area contributed by atoms with E-state index in [4.69, 9.17) is 4.42 Å². The second-order valence-electron chi connectivity index (χ2n) is 18.1. The van der Waals surface area contributed by atoms with Crippen molar-refractivity contribution in [2.24, 2.45) is 0 Å². The molecule has 12 aromatic carbocycles. The van der Waals surface area contributed by atoms with Crippen molar-refractivity contribution in [1.82, 2.24) is 4.57 Å². The van der Waals surface area contributed by atoms with Gasteiger partial charge in [-0.2, -0.15) is 0 Å². The minimum Gasteiger partial charge on any atom is -0.456 e. The van der Waals surface area contributed by atoms with Crippen molar-refractivity contribution in [1.29, 1.82) is 0 Å². The minimum absolute atomic E-state index is 0.901. The highest BCUT2D eigenvalue weighted by Gasteiger charge is 2.19. The zero-order valence-corrected chi connectivity index (χ0v) is 37.6. The molecule has 0 saturated heterocycles. The van der Waals surface area contributed by atoms with Crippen LogP contribution in [0.4, 0.5) is 17.1 Å². The molecule has 3 heteroatoms. The molecule has 2 heterocycles. The van der Waals surface area contributed by atoms with E-state index in [-0.39, 0.29) is 0 Å². The first kappa shape index (κ1) is 39.0. The molecular weight excluding hydrogens is 837 g/mol. The van der Waals surface area contributed by atoms with E-state index in [9.17, 15) is 0 Å². The van der Waals surface area contributed by atoms with Crippen molar-refractivity contribution >= 4 is 93.1 Å². The van der Waals surface area contributed by atoms with Gasteiger partial charge in [-0.25, -0.2) is 0 Å². The molecule has 0 spiro atoms. The standard InChI is InChI=1S/C66H42N2O/c1-2-14-50(15-3-1)68-63-42-48(29-37-58(63)60-38-28-45-12-4-7-17-55(45)66(60)68)44-24-33-52(34-25-44)67(51-31-22-43(23-32-51)47-30-39-65-62(40-47)59-20-10-11-21-64(59)69-65)53-35-26-46(27-36-53)61-41-49-13-5-6-16-54(49)56-18-8-9-19-57(56)61/h1-42H. The van der Waals surface area contributed by atoms with Crippen LogP contribution in [0.2, 0.25) is 0 Å². The number of nitrogens with zero attached hydrogens (tertiary/aromatic N) is 2. The molecule has 322 valence electrons. The third-order valence-corrected chi connectivity index (χ3v) is 14.2. The third-order valence-electron chi connectivity index (χ3n) is 14.2. The van der Waals surface area contributed by atoms with Crippen LogP contribution in [-0.4, -0.2) is 4.57 Å². The molecule has 3 nitrogen and oxygen atoms in total. The highest BCUT2D eigenvalue weighted by Crippen LogP contribution is 2.42. The van der Waals surface area contributed by atoms with Crippen LogP contribution in [0.15, 0.2) is 259 Å². The summed E-state index contributed by atoms with van der Waals surface area (Å²) in [7, 11) is 0. The number of para-hydroxylation sites is 2. The molecular formula is C66H42N2O. The van der Waals surface area contributed by atoms with Crippen molar-refractivity contribution < 1.29 is 4.42 Å². The van der Waals surface area contributed by atoms with Gasteiger partial charge in [0.25, 0.3) is 0 Å². The maximum Gasteiger partial charge on any atom is 0.135 e. The first-order valence-corrected chi connectivity index (χ1v) is 23.6. The molecule has 0 amide bonds. The van der Waals surface area contributed by atoms with E-state index in [2.05, 4.69) is 252 Å². The number of anilines is 3. The summed E-state index contributed by atoms with van der Waals surface area (Å²) in [6.45, 7) is 0. The first-order chi connectivity index (χ1) is 34.2. The smallest absolute Gasteiger partial charge is 0.135 e. The summed E-state index contributed by atoms with van der Waals surface area (Å²) in [5.74, 6) is 0. The van der Waals surface area contributed by atoms with Crippen LogP contribution in [0.5, 0.6) is 0 Å². The van der Waals surface area contributed by atoms with Crippen molar-refractivity contribution in [3.8, 4) is 39.1 Å². The molecule has 0 aliphatic carbocycles. The van der Waals surface area contributed by atoms with Gasteiger partial charge in [0, 0.05) is 49.7 Å². The normalized spacial score (nSPS) is 11.8. The van der Waals surface area contributed by atoms with E-state index in [0.29, 0.717) is 0 Å². The second-order valence-corrected chi connectivity index (χ2v) is 18.1. The Balaban J connectivity index is 0.874. The Morgan fingerprint density at radius 3 is 1.54 bits per heavy atom. The Morgan fingerprint density at radius 2 is 0.812 bits per heavy atom. The van der Waals surface area contributed by atoms with Gasteiger partial charge in [-0.05, 0) is 139 Å². The van der Waals surface area contributed by atoms with Crippen molar-refractivity contribution in [2.45, 2.75) is 0 Å². The summed E-state index contributed by atoms with van der Waals surface area (Å²) in [5.41, 5.74) is 15.7. The van der Waals surface area contributed by atoms with Crippen molar-refractivity contribution in [3.63, 3.8) is 0 Å². The highest BCUT2D eigenvalue weighted by atomic mass is 16.3. The Kier molecular flexibility index (Phi) is 8.90. The molecule has 0 N–H and O–H groups in total. The molecule has 2 aromatic heterocycles. The van der Waals surface area contributed by atoms with Gasteiger partial charge in [-0.15, -0.1) is 0 Å². The Labute approximate surface area is 399 Å². The molecule has 14 rings (SSSR count). The molecule has 0 unspecified atom stereocenters. The summed E-state index contributed by atoms with van der Waals surface area (Å²) >= 11 is 0. The zero-order valence-electron chi connectivity index (χ0n) is 37.6. The number of hydrogen-bond donors (Lipinski definition) is 0. The van der Waals surface area contributed by atoms with Gasteiger partial charge in [0.1, 0.15) is 11.2 Å². The lowest BCUT2D eigenvalue weighted by molar-refractivity contribution is 0.669. The number of benzene rings is 12. The average Bonchev–Trinajstić information content (AvgIpc) is 3.97. The van der Waals surface area contributed by atoms with Crippen LogP contribution in [-0.2, 0) is 0 Å². The quantitative estimate of drug-likeness (QED) is 0.149. The first-order valence-electron chi connectivity index (χ1n) is 23.6. The SMILES string of the molecule is c1ccc(-n2c3cc(-c4ccc(N(c5ccc(-c6ccc7oc8ccccc8c7c6)cc5)c5ccc(-c6cc7ccccc7c7ccccc67)cc5)cc4)ccc3c3ccc4ccccc4c32)cc1. The number of aromatic nitrogens is 1. The maximum atomic E-state index is 6.17. The van der Waals surface area contributed by atoms with Gasteiger partial charge in [0.15, 0.2) is 0 Å². The second kappa shape index (κ2) is 15.7. The van der Waals surface area contributed by atoms with Crippen LogP contribution in [0, 0.1) is 0 Å². The topological polar surface area (TPSA) is 21.3 Å². The Bertz CT molecular complexity index is 4280. The third kappa shape index (κ3) is 6.43. The average molecular weight is 879 g/mol. The van der Waals surface area contributed by atoms with E-state index in [1.807, 2.05) is 12.1 Å². The minimum atomic E-state index is 0.901. The van der Waals surface area contributed by atoms with Gasteiger partial charge >= 0.3 is 0 Å². The molecule has 0 aliphatic rings. The van der Waals surface area contributed by atoms with Crippen LogP contribution in [0.25, 0.3) is 115 Å². The summed E-state index contributed by atoms with van der Waals surface area (Å²) in [4.78, 5) is 2.37. The van der Waals surface area contributed by atoms with E-state index < -0.39 is 0 Å². The molecule has 0 radical (unpaired) electrons. The Hall–Kier alpha value is -9.18.